The Balaban J connectivity index is 2.07. The quantitative estimate of drug-likeness (QED) is 0.877. The molecule has 0 aliphatic rings. The van der Waals surface area contributed by atoms with Gasteiger partial charge in [0.1, 0.15) is 11.3 Å². The lowest BCUT2D eigenvalue weighted by Gasteiger charge is -2.22. The summed E-state index contributed by atoms with van der Waals surface area (Å²) in [5.41, 5.74) is 0.492. The molecule has 0 saturated heterocycles. The number of carbonyl (C=O) groups is 1. The van der Waals surface area contributed by atoms with Gasteiger partial charge in [-0.15, -0.1) is 0 Å². The number of hydrogen-bond donors (Lipinski definition) is 1. The van der Waals surface area contributed by atoms with Crippen molar-refractivity contribution < 1.29 is 19.4 Å². The van der Waals surface area contributed by atoms with Crippen LogP contribution in [0, 0.1) is 0 Å². The first-order chi connectivity index (χ1) is 9.43. The third-order valence-electron chi connectivity index (χ3n) is 3.24. The zero-order valence-corrected chi connectivity index (χ0v) is 11.8. The van der Waals surface area contributed by atoms with E-state index in [9.17, 15) is 4.79 Å². The van der Waals surface area contributed by atoms with Gasteiger partial charge in [0.15, 0.2) is 0 Å². The van der Waals surface area contributed by atoms with Crippen LogP contribution in [-0.4, -0.2) is 40.0 Å². The Bertz CT molecular complexity index is 619. The summed E-state index contributed by atoms with van der Waals surface area (Å²) in [6, 6.07) is 3.43. The minimum Gasteiger partial charge on any atom is -0.492 e. The second-order valence-electron chi connectivity index (χ2n) is 5.12. The van der Waals surface area contributed by atoms with Crippen LogP contribution in [-0.2, 0) is 4.74 Å². The summed E-state index contributed by atoms with van der Waals surface area (Å²) in [6.45, 7) is 4.50. The molecule has 20 heavy (non-hydrogen) atoms. The Morgan fingerprint density at radius 2 is 2.20 bits per heavy atom. The van der Waals surface area contributed by atoms with E-state index in [0.717, 1.165) is 6.42 Å². The molecule has 2 heterocycles. The van der Waals surface area contributed by atoms with E-state index >= 15 is 0 Å². The topological polar surface area (TPSA) is 73.1 Å². The second kappa shape index (κ2) is 5.50. The maximum Gasteiger partial charge on any atom is 0.339 e. The number of hydrogen-bond acceptors (Lipinski definition) is 4. The van der Waals surface area contributed by atoms with Gasteiger partial charge in [-0.2, -0.15) is 5.10 Å². The molecule has 2 aromatic rings. The number of fused-ring (bicyclic) bond motifs is 1. The van der Waals surface area contributed by atoms with Gasteiger partial charge in [0.2, 0.25) is 0 Å². The van der Waals surface area contributed by atoms with E-state index in [1.807, 2.05) is 13.8 Å². The summed E-state index contributed by atoms with van der Waals surface area (Å²) in [7, 11) is 1.67. The summed E-state index contributed by atoms with van der Waals surface area (Å²) in [5, 5.41) is 13.0. The van der Waals surface area contributed by atoms with E-state index in [0.29, 0.717) is 17.9 Å². The Labute approximate surface area is 116 Å². The molecule has 0 aliphatic carbocycles. The van der Waals surface area contributed by atoms with Crippen molar-refractivity contribution in [3.8, 4) is 5.75 Å². The molecule has 108 valence electrons. The Hall–Kier alpha value is -2.08. The molecule has 0 aromatic carbocycles. The highest BCUT2D eigenvalue weighted by Gasteiger charge is 2.16. The van der Waals surface area contributed by atoms with Crippen molar-refractivity contribution >= 4 is 11.5 Å². The number of carboxylic acids is 1. The fraction of sp³-hybridized carbons (Fsp3) is 0.429. The summed E-state index contributed by atoms with van der Waals surface area (Å²) >= 11 is 0. The number of aromatic nitrogens is 2. The van der Waals surface area contributed by atoms with Crippen molar-refractivity contribution in [3.63, 3.8) is 0 Å². The average molecular weight is 278 g/mol. The number of nitrogens with zero attached hydrogens (tertiary/aromatic N) is 2. The molecule has 0 amide bonds. The number of rotatable bonds is 6. The molecule has 0 unspecified atom stereocenters. The van der Waals surface area contributed by atoms with E-state index in [2.05, 4.69) is 5.10 Å². The van der Waals surface area contributed by atoms with Crippen molar-refractivity contribution in [1.29, 1.82) is 0 Å². The largest absolute Gasteiger partial charge is 0.492 e. The lowest BCUT2D eigenvalue weighted by Crippen LogP contribution is -2.25. The molecule has 0 fully saturated rings. The lowest BCUT2D eigenvalue weighted by molar-refractivity contribution is 0.00541. The summed E-state index contributed by atoms with van der Waals surface area (Å²) in [6.07, 6.45) is 3.75. The van der Waals surface area contributed by atoms with Crippen LogP contribution < -0.4 is 4.74 Å². The Morgan fingerprint density at radius 1 is 1.45 bits per heavy atom. The van der Waals surface area contributed by atoms with Gasteiger partial charge in [0.25, 0.3) is 0 Å². The summed E-state index contributed by atoms with van der Waals surface area (Å²) in [4.78, 5) is 11.0. The molecule has 0 radical (unpaired) electrons. The zero-order chi connectivity index (χ0) is 14.8. The fourth-order valence-electron chi connectivity index (χ4n) is 1.73. The first-order valence-corrected chi connectivity index (χ1v) is 6.31. The van der Waals surface area contributed by atoms with Crippen LogP contribution in [0.5, 0.6) is 5.75 Å². The van der Waals surface area contributed by atoms with Crippen LogP contribution in [0.1, 0.15) is 30.6 Å². The molecular formula is C14H18N2O4. The van der Waals surface area contributed by atoms with Gasteiger partial charge in [-0.05, 0) is 26.0 Å². The standard InChI is InChI=1S/C14H18N2O4/c1-14(2,19-3)6-7-20-10-4-5-12-11(13(17)18)8-15-16(12)9-10/h4-5,8-9H,6-7H2,1-3H3,(H,17,18). The number of pyridine rings is 1. The third-order valence-corrected chi connectivity index (χ3v) is 3.24. The van der Waals surface area contributed by atoms with E-state index in [-0.39, 0.29) is 11.2 Å². The first-order valence-electron chi connectivity index (χ1n) is 6.31. The fourth-order valence-corrected chi connectivity index (χ4v) is 1.73. The minimum absolute atomic E-state index is 0.178. The number of carboxylic acid groups (broad SMARTS) is 1. The molecule has 0 atom stereocenters. The van der Waals surface area contributed by atoms with E-state index in [1.165, 1.54) is 10.7 Å². The molecule has 2 aromatic heterocycles. The van der Waals surface area contributed by atoms with Crippen molar-refractivity contribution in [3.05, 3.63) is 30.1 Å². The SMILES string of the molecule is COC(C)(C)CCOc1ccc2c(C(=O)O)cnn2c1. The smallest absolute Gasteiger partial charge is 0.339 e. The van der Waals surface area contributed by atoms with E-state index in [1.54, 1.807) is 25.4 Å². The van der Waals surface area contributed by atoms with Crippen LogP contribution >= 0.6 is 0 Å². The minimum atomic E-state index is -0.990. The Kier molecular flexibility index (Phi) is 3.94. The first kappa shape index (κ1) is 14.3. The van der Waals surface area contributed by atoms with Gasteiger partial charge >= 0.3 is 5.97 Å². The molecule has 6 nitrogen and oxygen atoms in total. The highest BCUT2D eigenvalue weighted by atomic mass is 16.5. The predicted molar refractivity (Wildman–Crippen MR) is 73.4 cm³/mol. The third kappa shape index (κ3) is 3.08. The highest BCUT2D eigenvalue weighted by Crippen LogP contribution is 2.18. The Morgan fingerprint density at radius 3 is 2.85 bits per heavy atom. The molecule has 1 N–H and O–H groups in total. The summed E-state index contributed by atoms with van der Waals surface area (Å²) < 4.78 is 12.4. The lowest BCUT2D eigenvalue weighted by atomic mass is 10.1. The van der Waals surface area contributed by atoms with Crippen LogP contribution in [0.15, 0.2) is 24.5 Å². The van der Waals surface area contributed by atoms with Crippen molar-refractivity contribution in [2.24, 2.45) is 0 Å². The monoisotopic (exact) mass is 278 g/mol. The molecular weight excluding hydrogens is 260 g/mol. The van der Waals surface area contributed by atoms with Crippen LogP contribution in [0.2, 0.25) is 0 Å². The van der Waals surface area contributed by atoms with Gasteiger partial charge in [0, 0.05) is 13.5 Å². The normalized spacial score (nSPS) is 11.8. The molecule has 0 aliphatic heterocycles. The molecule has 0 saturated carbocycles. The van der Waals surface area contributed by atoms with E-state index in [4.69, 9.17) is 14.6 Å². The van der Waals surface area contributed by atoms with Gasteiger partial charge in [-0.25, -0.2) is 9.31 Å². The molecule has 0 spiro atoms. The van der Waals surface area contributed by atoms with Crippen LogP contribution in [0.3, 0.4) is 0 Å². The molecule has 0 bridgehead atoms. The van der Waals surface area contributed by atoms with Crippen molar-refractivity contribution in [2.75, 3.05) is 13.7 Å². The average Bonchev–Trinajstić information content (AvgIpc) is 2.81. The van der Waals surface area contributed by atoms with E-state index < -0.39 is 5.97 Å². The van der Waals surface area contributed by atoms with Crippen molar-refractivity contribution in [2.45, 2.75) is 25.9 Å². The maximum atomic E-state index is 11.0. The second-order valence-corrected chi connectivity index (χ2v) is 5.12. The number of aromatic carboxylic acids is 1. The zero-order valence-electron chi connectivity index (χ0n) is 11.8. The predicted octanol–water partition coefficient (Wildman–Crippen LogP) is 2.23. The van der Waals surface area contributed by atoms with Gasteiger partial charge in [-0.3, -0.25) is 0 Å². The van der Waals surface area contributed by atoms with Crippen molar-refractivity contribution in [1.82, 2.24) is 9.61 Å². The number of methoxy groups -OCH3 is 1. The van der Waals surface area contributed by atoms with Gasteiger partial charge < -0.3 is 14.6 Å². The van der Waals surface area contributed by atoms with Gasteiger partial charge in [0.05, 0.1) is 30.1 Å². The van der Waals surface area contributed by atoms with Crippen LogP contribution in [0.25, 0.3) is 5.52 Å². The molecule has 2 rings (SSSR count). The molecule has 6 heteroatoms. The number of ether oxygens (including phenoxy) is 2. The maximum absolute atomic E-state index is 11.0. The highest BCUT2D eigenvalue weighted by molar-refractivity contribution is 5.95. The van der Waals surface area contributed by atoms with Crippen LogP contribution in [0.4, 0.5) is 0 Å². The summed E-state index contributed by atoms with van der Waals surface area (Å²) in [5.74, 6) is -0.347. The van der Waals surface area contributed by atoms with Gasteiger partial charge in [-0.1, -0.05) is 0 Å².